The van der Waals surface area contributed by atoms with Gasteiger partial charge >= 0.3 is 0 Å². The predicted octanol–water partition coefficient (Wildman–Crippen LogP) is 1.77. The third kappa shape index (κ3) is 1.60. The summed E-state index contributed by atoms with van der Waals surface area (Å²) < 4.78 is 29.3. The maximum atomic E-state index is 13.9. The van der Waals surface area contributed by atoms with E-state index < -0.39 is 23.2 Å². The average molecular weight is 307 g/mol. The minimum atomic E-state index is -2.66. The van der Waals surface area contributed by atoms with Crippen LogP contribution in [0.3, 0.4) is 0 Å². The van der Waals surface area contributed by atoms with Crippen LogP contribution in [0.15, 0.2) is 12.4 Å². The standard InChI is InChI=1S/C14H15F2N5O/c1-13-4-9-8(3-10(13)14(13,15)16)11(20-19-9)12(22)18-7-5-17-21(2)6-7/h5-6,10H,3-4H2,1-2H3,(H,18,22)(H,19,20). The molecule has 2 aromatic rings. The van der Waals surface area contributed by atoms with Crippen molar-refractivity contribution in [3.63, 3.8) is 0 Å². The summed E-state index contributed by atoms with van der Waals surface area (Å²) in [6.07, 6.45) is 3.59. The first kappa shape index (κ1) is 13.4. The van der Waals surface area contributed by atoms with Crippen molar-refractivity contribution in [1.29, 1.82) is 0 Å². The number of H-pyrrole nitrogens is 1. The summed E-state index contributed by atoms with van der Waals surface area (Å²) in [5.74, 6) is -3.77. The molecular weight excluding hydrogens is 292 g/mol. The minimum absolute atomic E-state index is 0.186. The number of carbonyl (C=O) groups excluding carboxylic acids is 1. The number of fused-ring (bicyclic) bond motifs is 2. The van der Waals surface area contributed by atoms with E-state index in [1.807, 2.05) is 0 Å². The van der Waals surface area contributed by atoms with Crippen LogP contribution in [0, 0.1) is 11.3 Å². The lowest BCUT2D eigenvalue weighted by molar-refractivity contribution is 0.0631. The molecule has 2 N–H and O–H groups in total. The van der Waals surface area contributed by atoms with Crippen molar-refractivity contribution >= 4 is 11.6 Å². The molecule has 2 aliphatic rings. The lowest BCUT2D eigenvalue weighted by atomic mass is 9.87. The number of amides is 1. The molecule has 2 atom stereocenters. The lowest BCUT2D eigenvalue weighted by Crippen LogP contribution is -2.18. The Balaban J connectivity index is 1.60. The first-order valence-corrected chi connectivity index (χ1v) is 7.07. The van der Waals surface area contributed by atoms with Gasteiger partial charge < -0.3 is 5.32 Å². The fraction of sp³-hybridized carbons (Fsp3) is 0.500. The van der Waals surface area contributed by atoms with Crippen molar-refractivity contribution in [2.24, 2.45) is 18.4 Å². The number of hydrogen-bond acceptors (Lipinski definition) is 3. The van der Waals surface area contributed by atoms with Gasteiger partial charge in [0.15, 0.2) is 5.69 Å². The molecule has 2 unspecified atom stereocenters. The second-order valence-electron chi connectivity index (χ2n) is 6.36. The third-order valence-electron chi connectivity index (χ3n) is 4.97. The molecule has 22 heavy (non-hydrogen) atoms. The zero-order valence-corrected chi connectivity index (χ0v) is 12.2. The number of aromatic amines is 1. The van der Waals surface area contributed by atoms with E-state index in [0.717, 1.165) is 0 Å². The first-order valence-electron chi connectivity index (χ1n) is 7.07. The second kappa shape index (κ2) is 3.93. The molecular formula is C14H15F2N5O. The zero-order chi connectivity index (χ0) is 15.7. The highest BCUT2D eigenvalue weighted by atomic mass is 19.3. The van der Waals surface area contributed by atoms with Crippen LogP contribution in [-0.2, 0) is 19.9 Å². The van der Waals surface area contributed by atoms with E-state index in [1.54, 1.807) is 24.9 Å². The van der Waals surface area contributed by atoms with Gasteiger partial charge in [0.1, 0.15) is 0 Å². The van der Waals surface area contributed by atoms with Crippen molar-refractivity contribution < 1.29 is 13.6 Å². The number of aryl methyl sites for hydroxylation is 1. The van der Waals surface area contributed by atoms with Gasteiger partial charge in [-0.1, -0.05) is 6.92 Å². The molecule has 2 aromatic heterocycles. The Morgan fingerprint density at radius 1 is 1.55 bits per heavy atom. The third-order valence-corrected chi connectivity index (χ3v) is 4.97. The largest absolute Gasteiger partial charge is 0.318 e. The Hall–Kier alpha value is -2.25. The van der Waals surface area contributed by atoms with Crippen LogP contribution in [0.5, 0.6) is 0 Å². The Labute approximate surface area is 124 Å². The molecule has 0 aliphatic heterocycles. The molecule has 2 aliphatic carbocycles. The topological polar surface area (TPSA) is 75.6 Å². The number of carbonyl (C=O) groups is 1. The number of nitrogens with zero attached hydrogens (tertiary/aromatic N) is 3. The lowest BCUT2D eigenvalue weighted by Gasteiger charge is -2.15. The summed E-state index contributed by atoms with van der Waals surface area (Å²) in [6, 6.07) is 0. The highest BCUT2D eigenvalue weighted by molar-refractivity contribution is 6.04. The van der Waals surface area contributed by atoms with Gasteiger partial charge in [0, 0.05) is 42.3 Å². The Kier molecular flexibility index (Phi) is 2.40. The molecule has 0 bridgehead atoms. The number of rotatable bonds is 2. The molecule has 6 nitrogen and oxygen atoms in total. The number of alkyl halides is 2. The molecule has 1 fully saturated rings. The van der Waals surface area contributed by atoms with E-state index in [2.05, 4.69) is 20.6 Å². The van der Waals surface area contributed by atoms with E-state index in [4.69, 9.17) is 0 Å². The van der Waals surface area contributed by atoms with Crippen molar-refractivity contribution in [3.8, 4) is 0 Å². The van der Waals surface area contributed by atoms with E-state index in [0.29, 0.717) is 16.9 Å². The van der Waals surface area contributed by atoms with Crippen LogP contribution in [0.4, 0.5) is 14.5 Å². The Morgan fingerprint density at radius 2 is 2.32 bits per heavy atom. The van der Waals surface area contributed by atoms with E-state index in [-0.39, 0.29) is 18.5 Å². The van der Waals surface area contributed by atoms with E-state index in [9.17, 15) is 13.6 Å². The molecule has 4 rings (SSSR count). The summed E-state index contributed by atoms with van der Waals surface area (Å²) in [5, 5.41) is 13.4. The molecule has 8 heteroatoms. The minimum Gasteiger partial charge on any atom is -0.318 e. The van der Waals surface area contributed by atoms with Gasteiger partial charge in [-0.3, -0.25) is 14.6 Å². The maximum absolute atomic E-state index is 13.9. The Bertz CT molecular complexity index is 780. The highest BCUT2D eigenvalue weighted by Gasteiger charge is 2.78. The number of aromatic nitrogens is 4. The molecule has 1 amide bonds. The summed E-state index contributed by atoms with van der Waals surface area (Å²) in [7, 11) is 1.74. The molecule has 2 heterocycles. The molecule has 0 aromatic carbocycles. The van der Waals surface area contributed by atoms with Crippen LogP contribution < -0.4 is 5.32 Å². The first-order chi connectivity index (χ1) is 10.3. The molecule has 0 spiro atoms. The summed E-state index contributed by atoms with van der Waals surface area (Å²) in [4.78, 5) is 12.3. The van der Waals surface area contributed by atoms with Crippen molar-refractivity contribution in [2.75, 3.05) is 5.32 Å². The smallest absolute Gasteiger partial charge is 0.276 e. The van der Waals surface area contributed by atoms with Crippen LogP contribution in [0.2, 0.25) is 0 Å². The molecule has 0 radical (unpaired) electrons. The van der Waals surface area contributed by atoms with Gasteiger partial charge in [-0.15, -0.1) is 0 Å². The molecule has 1 saturated carbocycles. The average Bonchev–Trinajstić information content (AvgIpc) is 2.86. The van der Waals surface area contributed by atoms with Crippen molar-refractivity contribution in [3.05, 3.63) is 29.3 Å². The van der Waals surface area contributed by atoms with Gasteiger partial charge in [-0.25, -0.2) is 8.78 Å². The van der Waals surface area contributed by atoms with Gasteiger partial charge in [-0.2, -0.15) is 10.2 Å². The van der Waals surface area contributed by atoms with Gasteiger partial charge in [0.2, 0.25) is 0 Å². The highest BCUT2D eigenvalue weighted by Crippen LogP contribution is 2.70. The van der Waals surface area contributed by atoms with Crippen LogP contribution in [0.1, 0.15) is 28.7 Å². The molecule has 0 saturated heterocycles. The van der Waals surface area contributed by atoms with Crippen molar-refractivity contribution in [1.82, 2.24) is 20.0 Å². The van der Waals surface area contributed by atoms with Gasteiger partial charge in [0.25, 0.3) is 11.8 Å². The quantitative estimate of drug-likeness (QED) is 0.888. The monoisotopic (exact) mass is 307 g/mol. The number of halogens is 2. The van der Waals surface area contributed by atoms with Crippen LogP contribution in [0.25, 0.3) is 0 Å². The number of nitrogens with one attached hydrogen (secondary N) is 2. The zero-order valence-electron chi connectivity index (χ0n) is 12.2. The second-order valence-corrected chi connectivity index (χ2v) is 6.36. The van der Waals surface area contributed by atoms with Crippen LogP contribution >= 0.6 is 0 Å². The maximum Gasteiger partial charge on any atom is 0.276 e. The fourth-order valence-electron chi connectivity index (χ4n) is 3.47. The number of hydrogen-bond donors (Lipinski definition) is 2. The fourth-order valence-corrected chi connectivity index (χ4v) is 3.47. The molecule has 116 valence electrons. The van der Waals surface area contributed by atoms with Gasteiger partial charge in [0.05, 0.1) is 11.9 Å². The summed E-state index contributed by atoms with van der Waals surface area (Å²) in [5.41, 5.74) is 1.00. The predicted molar refractivity (Wildman–Crippen MR) is 73.7 cm³/mol. The summed E-state index contributed by atoms with van der Waals surface area (Å²) >= 11 is 0. The normalized spacial score (nSPS) is 27.9. The van der Waals surface area contributed by atoms with Crippen molar-refractivity contribution in [2.45, 2.75) is 25.7 Å². The summed E-state index contributed by atoms with van der Waals surface area (Å²) in [6.45, 7) is 1.59. The van der Waals surface area contributed by atoms with Crippen LogP contribution in [-0.4, -0.2) is 31.8 Å². The van der Waals surface area contributed by atoms with E-state index in [1.165, 1.54) is 6.20 Å². The SMILES string of the molecule is Cn1cc(NC(=O)c2n[nH]c3c2CC2C(F)(F)C2(C)C3)cn1. The van der Waals surface area contributed by atoms with Gasteiger partial charge in [-0.05, 0) is 6.42 Å². The van der Waals surface area contributed by atoms with E-state index >= 15 is 0 Å². The Morgan fingerprint density at radius 3 is 3.00 bits per heavy atom. The number of anilines is 1.